The van der Waals surface area contributed by atoms with Crippen LogP contribution in [0.2, 0.25) is 0 Å². The number of nitrogens with one attached hydrogen (secondary N) is 1. The third kappa shape index (κ3) is 3.57. The summed E-state index contributed by atoms with van der Waals surface area (Å²) in [4.78, 5) is 0. The average molecular weight is 169 g/mol. The van der Waals surface area contributed by atoms with Gasteiger partial charge in [0.15, 0.2) is 0 Å². The first-order valence-electron chi connectivity index (χ1n) is 5.47. The van der Waals surface area contributed by atoms with Crippen LogP contribution < -0.4 is 5.32 Å². The zero-order chi connectivity index (χ0) is 8.97. The molecule has 0 radical (unpaired) electrons. The second-order valence-corrected chi connectivity index (χ2v) is 4.43. The molecule has 72 valence electrons. The molecule has 2 unspecified atom stereocenters. The van der Waals surface area contributed by atoms with Crippen LogP contribution in [0.25, 0.3) is 0 Å². The minimum atomic E-state index is 0.768. The lowest BCUT2D eigenvalue weighted by molar-refractivity contribution is 0.416. The number of hydrogen-bond donors (Lipinski definition) is 1. The highest BCUT2D eigenvalue weighted by molar-refractivity contribution is 4.83. The molecule has 0 amide bonds. The number of hydrogen-bond acceptors (Lipinski definition) is 1. The molecule has 1 heteroatoms. The Morgan fingerprint density at radius 3 is 2.50 bits per heavy atom. The maximum Gasteiger partial charge on any atom is 0.00671 e. The summed E-state index contributed by atoms with van der Waals surface area (Å²) >= 11 is 0. The van der Waals surface area contributed by atoms with Crippen LogP contribution in [0.3, 0.4) is 0 Å². The Morgan fingerprint density at radius 1 is 1.33 bits per heavy atom. The first kappa shape index (κ1) is 10.0. The van der Waals surface area contributed by atoms with Crippen LogP contribution in [-0.2, 0) is 0 Å². The molecule has 1 saturated carbocycles. The van der Waals surface area contributed by atoms with Gasteiger partial charge in [0, 0.05) is 6.04 Å². The maximum absolute atomic E-state index is 3.63. The van der Waals surface area contributed by atoms with Gasteiger partial charge in [-0.2, -0.15) is 0 Å². The van der Waals surface area contributed by atoms with Crippen LogP contribution in [0, 0.1) is 11.8 Å². The first-order chi connectivity index (χ1) is 5.74. The topological polar surface area (TPSA) is 12.0 Å². The lowest BCUT2D eigenvalue weighted by Gasteiger charge is -2.16. The standard InChI is InChI=1S/C11H23N/c1-4-5-9(2)8-12-10(3)11-6-7-11/h9-12H,4-8H2,1-3H3. The van der Waals surface area contributed by atoms with Crippen molar-refractivity contribution in [2.24, 2.45) is 11.8 Å². The van der Waals surface area contributed by atoms with Crippen molar-refractivity contribution < 1.29 is 0 Å². The summed E-state index contributed by atoms with van der Waals surface area (Å²) in [6, 6.07) is 0.768. The molecule has 12 heavy (non-hydrogen) atoms. The normalized spacial score (nSPS) is 22.2. The average Bonchev–Trinajstić information content (AvgIpc) is 2.83. The van der Waals surface area contributed by atoms with Crippen molar-refractivity contribution in [3.8, 4) is 0 Å². The SMILES string of the molecule is CCCC(C)CNC(C)C1CC1. The van der Waals surface area contributed by atoms with E-state index < -0.39 is 0 Å². The molecule has 1 N–H and O–H groups in total. The molecule has 0 spiro atoms. The fraction of sp³-hybridized carbons (Fsp3) is 1.00. The van der Waals surface area contributed by atoms with E-state index in [1.165, 1.54) is 32.2 Å². The van der Waals surface area contributed by atoms with E-state index >= 15 is 0 Å². The van der Waals surface area contributed by atoms with Gasteiger partial charge in [0.1, 0.15) is 0 Å². The van der Waals surface area contributed by atoms with Gasteiger partial charge in [0.2, 0.25) is 0 Å². The molecule has 1 aliphatic rings. The van der Waals surface area contributed by atoms with Gasteiger partial charge in [-0.25, -0.2) is 0 Å². The highest BCUT2D eigenvalue weighted by Crippen LogP contribution is 2.32. The second kappa shape index (κ2) is 4.86. The Bertz CT molecular complexity index is 118. The van der Waals surface area contributed by atoms with E-state index in [9.17, 15) is 0 Å². The molecule has 1 aliphatic carbocycles. The van der Waals surface area contributed by atoms with Gasteiger partial charge in [-0.3, -0.25) is 0 Å². The molecule has 0 aromatic heterocycles. The van der Waals surface area contributed by atoms with Crippen LogP contribution in [0.5, 0.6) is 0 Å². The quantitative estimate of drug-likeness (QED) is 0.644. The van der Waals surface area contributed by atoms with Gasteiger partial charge in [-0.05, 0) is 44.6 Å². The van der Waals surface area contributed by atoms with E-state index in [2.05, 4.69) is 26.1 Å². The van der Waals surface area contributed by atoms with Gasteiger partial charge in [-0.15, -0.1) is 0 Å². The second-order valence-electron chi connectivity index (χ2n) is 4.43. The Kier molecular flexibility index (Phi) is 4.07. The fourth-order valence-electron chi connectivity index (χ4n) is 1.74. The molecule has 1 fully saturated rings. The fourth-order valence-corrected chi connectivity index (χ4v) is 1.74. The van der Waals surface area contributed by atoms with Crippen LogP contribution in [0.4, 0.5) is 0 Å². The summed E-state index contributed by atoms with van der Waals surface area (Å²) in [6.45, 7) is 8.15. The largest absolute Gasteiger partial charge is 0.314 e. The van der Waals surface area contributed by atoms with Crippen LogP contribution in [0.15, 0.2) is 0 Å². The summed E-state index contributed by atoms with van der Waals surface area (Å²) in [5.74, 6) is 1.86. The highest BCUT2D eigenvalue weighted by atomic mass is 14.9. The summed E-state index contributed by atoms with van der Waals surface area (Å²) < 4.78 is 0. The van der Waals surface area contributed by atoms with E-state index in [0.717, 1.165) is 17.9 Å². The van der Waals surface area contributed by atoms with Crippen LogP contribution in [0.1, 0.15) is 46.5 Å². The van der Waals surface area contributed by atoms with Gasteiger partial charge in [0.05, 0.1) is 0 Å². The molecule has 1 nitrogen and oxygen atoms in total. The van der Waals surface area contributed by atoms with Gasteiger partial charge in [0.25, 0.3) is 0 Å². The van der Waals surface area contributed by atoms with Crippen molar-refractivity contribution in [2.45, 2.75) is 52.5 Å². The molecule has 0 heterocycles. The zero-order valence-electron chi connectivity index (χ0n) is 8.77. The summed E-state index contributed by atoms with van der Waals surface area (Å²) in [5, 5.41) is 3.63. The van der Waals surface area contributed by atoms with Crippen molar-refractivity contribution in [3.05, 3.63) is 0 Å². The van der Waals surface area contributed by atoms with Crippen LogP contribution in [-0.4, -0.2) is 12.6 Å². The minimum absolute atomic E-state index is 0.768. The van der Waals surface area contributed by atoms with Crippen molar-refractivity contribution in [1.29, 1.82) is 0 Å². The van der Waals surface area contributed by atoms with E-state index in [4.69, 9.17) is 0 Å². The van der Waals surface area contributed by atoms with Crippen LogP contribution >= 0.6 is 0 Å². The van der Waals surface area contributed by atoms with Gasteiger partial charge in [-0.1, -0.05) is 20.3 Å². The Balaban J connectivity index is 1.99. The summed E-state index contributed by atoms with van der Waals surface area (Å²) in [7, 11) is 0. The molecule has 0 aromatic rings. The smallest absolute Gasteiger partial charge is 0.00671 e. The van der Waals surface area contributed by atoms with E-state index in [0.29, 0.717) is 0 Å². The Labute approximate surface area is 76.9 Å². The summed E-state index contributed by atoms with van der Waals surface area (Å²) in [5.41, 5.74) is 0. The van der Waals surface area contributed by atoms with Crippen molar-refractivity contribution in [3.63, 3.8) is 0 Å². The zero-order valence-corrected chi connectivity index (χ0v) is 8.77. The Morgan fingerprint density at radius 2 is 2.00 bits per heavy atom. The predicted octanol–water partition coefficient (Wildman–Crippen LogP) is 2.81. The van der Waals surface area contributed by atoms with E-state index in [1.807, 2.05) is 0 Å². The summed E-state index contributed by atoms with van der Waals surface area (Å²) in [6.07, 6.45) is 5.59. The Hall–Kier alpha value is -0.0400. The third-order valence-electron chi connectivity index (χ3n) is 2.90. The first-order valence-corrected chi connectivity index (χ1v) is 5.47. The molecule has 2 atom stereocenters. The van der Waals surface area contributed by atoms with Crippen molar-refractivity contribution in [2.75, 3.05) is 6.54 Å². The lowest BCUT2D eigenvalue weighted by Crippen LogP contribution is -2.31. The van der Waals surface area contributed by atoms with Crippen molar-refractivity contribution >= 4 is 0 Å². The minimum Gasteiger partial charge on any atom is -0.314 e. The molecular formula is C11H23N. The van der Waals surface area contributed by atoms with E-state index in [1.54, 1.807) is 0 Å². The highest BCUT2D eigenvalue weighted by Gasteiger charge is 2.27. The molecule has 1 rings (SSSR count). The van der Waals surface area contributed by atoms with Gasteiger partial charge < -0.3 is 5.32 Å². The predicted molar refractivity (Wildman–Crippen MR) is 54.3 cm³/mol. The molecular weight excluding hydrogens is 146 g/mol. The third-order valence-corrected chi connectivity index (χ3v) is 2.90. The monoisotopic (exact) mass is 169 g/mol. The van der Waals surface area contributed by atoms with Crippen molar-refractivity contribution in [1.82, 2.24) is 5.32 Å². The molecule has 0 saturated heterocycles. The maximum atomic E-state index is 3.63. The lowest BCUT2D eigenvalue weighted by atomic mass is 10.1. The molecule has 0 bridgehead atoms. The number of rotatable bonds is 6. The molecule has 0 aliphatic heterocycles. The molecule has 0 aromatic carbocycles. The van der Waals surface area contributed by atoms with E-state index in [-0.39, 0.29) is 0 Å². The van der Waals surface area contributed by atoms with Gasteiger partial charge >= 0.3 is 0 Å².